The summed E-state index contributed by atoms with van der Waals surface area (Å²) >= 11 is 3.31. The van der Waals surface area contributed by atoms with E-state index in [1.54, 1.807) is 29.7 Å². The van der Waals surface area contributed by atoms with Crippen LogP contribution in [-0.2, 0) is 20.9 Å². The Balaban J connectivity index is 2.09. The van der Waals surface area contributed by atoms with E-state index in [-0.39, 0.29) is 35.8 Å². The van der Waals surface area contributed by atoms with Gasteiger partial charge in [-0.3, -0.25) is 14.4 Å². The highest BCUT2D eigenvalue weighted by atomic mass is 79.9. The van der Waals surface area contributed by atoms with E-state index in [0.717, 1.165) is 0 Å². The minimum absolute atomic E-state index is 0.0225. The molecule has 1 aromatic carbocycles. The Hall–Kier alpha value is -2.66. The van der Waals surface area contributed by atoms with E-state index < -0.39 is 0 Å². The van der Waals surface area contributed by atoms with E-state index in [1.807, 2.05) is 6.07 Å². The van der Waals surface area contributed by atoms with Crippen LogP contribution in [0.1, 0.15) is 25.3 Å². The molecule has 0 aliphatic heterocycles. The molecule has 0 bridgehead atoms. The average molecular weight is 420 g/mol. The number of rotatable bonds is 7. The van der Waals surface area contributed by atoms with Gasteiger partial charge in [0.05, 0.1) is 12.1 Å². The Morgan fingerprint density at radius 3 is 2.85 bits per heavy atom. The summed E-state index contributed by atoms with van der Waals surface area (Å²) in [5.41, 5.74) is 0.180. The lowest BCUT2D eigenvalue weighted by Crippen LogP contribution is -2.29. The number of aromatic nitrogens is 1. The van der Waals surface area contributed by atoms with E-state index in [1.165, 1.54) is 6.20 Å². The van der Waals surface area contributed by atoms with Crippen molar-refractivity contribution in [2.45, 2.75) is 26.3 Å². The number of nitrogens with zero attached hydrogens (tertiary/aromatic N) is 2. The molecule has 0 spiro atoms. The Bertz CT molecular complexity index is 930. The van der Waals surface area contributed by atoms with Crippen molar-refractivity contribution >= 4 is 38.7 Å². The molecular formula is C18H18BrN3O4. The Morgan fingerprint density at radius 2 is 2.15 bits per heavy atom. The second kappa shape index (κ2) is 9.15. The standard InChI is InChI=1S/C18H18BrN3O4/c1-2-26-17(24)4-3-7-21-16(23)11-22-10-12(9-20)18(25)14-8-13(19)5-6-15(14)22/h5-6,8,10H,2-4,7,11H2,1H3,(H,21,23). The molecule has 0 saturated heterocycles. The van der Waals surface area contributed by atoms with Gasteiger partial charge in [-0.1, -0.05) is 15.9 Å². The largest absolute Gasteiger partial charge is 0.466 e. The molecule has 0 fully saturated rings. The van der Waals surface area contributed by atoms with Gasteiger partial charge >= 0.3 is 5.97 Å². The van der Waals surface area contributed by atoms with Crippen molar-refractivity contribution in [2.24, 2.45) is 0 Å². The summed E-state index contributed by atoms with van der Waals surface area (Å²) < 4.78 is 7.11. The fourth-order valence-corrected chi connectivity index (χ4v) is 2.85. The number of nitrogens with one attached hydrogen (secondary N) is 1. The van der Waals surface area contributed by atoms with Crippen LogP contribution in [0.2, 0.25) is 0 Å². The maximum atomic E-state index is 12.3. The number of hydrogen-bond acceptors (Lipinski definition) is 5. The smallest absolute Gasteiger partial charge is 0.305 e. The Kier molecular flexibility index (Phi) is 6.92. The van der Waals surface area contributed by atoms with Crippen LogP contribution in [0.15, 0.2) is 33.7 Å². The van der Waals surface area contributed by atoms with Crippen LogP contribution in [0.3, 0.4) is 0 Å². The van der Waals surface area contributed by atoms with Crippen molar-refractivity contribution in [3.8, 4) is 6.07 Å². The molecule has 0 aliphatic rings. The molecule has 8 heteroatoms. The number of esters is 1. The van der Waals surface area contributed by atoms with Crippen molar-refractivity contribution in [1.29, 1.82) is 5.26 Å². The minimum atomic E-state index is -0.366. The summed E-state index contributed by atoms with van der Waals surface area (Å²) in [5.74, 6) is -0.567. The van der Waals surface area contributed by atoms with Gasteiger partial charge in [0.1, 0.15) is 18.2 Å². The number of ether oxygens (including phenoxy) is 1. The van der Waals surface area contributed by atoms with Crippen molar-refractivity contribution in [1.82, 2.24) is 9.88 Å². The molecule has 1 heterocycles. The van der Waals surface area contributed by atoms with Crippen LogP contribution >= 0.6 is 15.9 Å². The molecule has 1 amide bonds. The number of carbonyl (C=O) groups is 2. The predicted octanol–water partition coefficient (Wildman–Crippen LogP) is 2.10. The van der Waals surface area contributed by atoms with Crippen molar-refractivity contribution < 1.29 is 14.3 Å². The normalized spacial score (nSPS) is 10.3. The first-order valence-electron chi connectivity index (χ1n) is 8.11. The van der Waals surface area contributed by atoms with Gasteiger partial charge in [0, 0.05) is 29.0 Å². The van der Waals surface area contributed by atoms with Crippen LogP contribution < -0.4 is 10.7 Å². The van der Waals surface area contributed by atoms with Crippen LogP contribution in [-0.4, -0.2) is 29.6 Å². The van der Waals surface area contributed by atoms with Gasteiger partial charge in [0.2, 0.25) is 11.3 Å². The maximum absolute atomic E-state index is 12.3. The Morgan fingerprint density at radius 1 is 1.38 bits per heavy atom. The molecule has 0 radical (unpaired) electrons. The third-order valence-electron chi connectivity index (χ3n) is 3.66. The summed E-state index contributed by atoms with van der Waals surface area (Å²) in [4.78, 5) is 35.7. The second-order valence-electron chi connectivity index (χ2n) is 5.53. The summed E-state index contributed by atoms with van der Waals surface area (Å²) in [7, 11) is 0. The molecular weight excluding hydrogens is 402 g/mol. The average Bonchev–Trinajstić information content (AvgIpc) is 2.61. The summed E-state index contributed by atoms with van der Waals surface area (Å²) in [6, 6.07) is 6.98. The number of halogens is 1. The van der Waals surface area contributed by atoms with Crippen LogP contribution in [0.5, 0.6) is 0 Å². The lowest BCUT2D eigenvalue weighted by atomic mass is 10.1. The quantitative estimate of drug-likeness (QED) is 0.546. The highest BCUT2D eigenvalue weighted by molar-refractivity contribution is 9.10. The third-order valence-corrected chi connectivity index (χ3v) is 4.16. The van der Waals surface area contributed by atoms with Gasteiger partial charge in [0.25, 0.3) is 0 Å². The lowest BCUT2D eigenvalue weighted by molar-refractivity contribution is -0.143. The van der Waals surface area contributed by atoms with Crippen LogP contribution in [0, 0.1) is 11.3 Å². The first-order valence-corrected chi connectivity index (χ1v) is 8.90. The molecule has 0 aliphatic carbocycles. The second-order valence-corrected chi connectivity index (χ2v) is 6.45. The summed E-state index contributed by atoms with van der Waals surface area (Å²) in [6.07, 6.45) is 2.10. The fourth-order valence-electron chi connectivity index (χ4n) is 2.48. The van der Waals surface area contributed by atoms with E-state index in [9.17, 15) is 14.4 Å². The zero-order chi connectivity index (χ0) is 19.1. The van der Waals surface area contributed by atoms with Gasteiger partial charge in [-0.25, -0.2) is 0 Å². The van der Waals surface area contributed by atoms with Gasteiger partial charge in [-0.2, -0.15) is 5.26 Å². The first kappa shape index (κ1) is 19.7. The lowest BCUT2D eigenvalue weighted by Gasteiger charge is -2.12. The molecule has 0 atom stereocenters. The SMILES string of the molecule is CCOC(=O)CCCNC(=O)Cn1cc(C#N)c(=O)c2cc(Br)ccc21. The third kappa shape index (κ3) is 4.92. The van der Waals surface area contributed by atoms with Crippen molar-refractivity contribution in [3.05, 3.63) is 44.7 Å². The van der Waals surface area contributed by atoms with Crippen molar-refractivity contribution in [2.75, 3.05) is 13.2 Å². The van der Waals surface area contributed by atoms with Gasteiger partial charge in [-0.15, -0.1) is 0 Å². The predicted molar refractivity (Wildman–Crippen MR) is 99.5 cm³/mol. The molecule has 2 rings (SSSR count). The number of hydrogen-bond donors (Lipinski definition) is 1. The highest BCUT2D eigenvalue weighted by Gasteiger charge is 2.12. The summed E-state index contributed by atoms with van der Waals surface area (Å²) in [5, 5.41) is 12.2. The van der Waals surface area contributed by atoms with Gasteiger partial charge < -0.3 is 14.6 Å². The molecule has 1 aromatic heterocycles. The van der Waals surface area contributed by atoms with Crippen LogP contribution in [0.4, 0.5) is 0 Å². The zero-order valence-electron chi connectivity index (χ0n) is 14.3. The van der Waals surface area contributed by atoms with E-state index in [4.69, 9.17) is 10.00 Å². The molecule has 0 saturated carbocycles. The zero-order valence-corrected chi connectivity index (χ0v) is 15.8. The monoisotopic (exact) mass is 419 g/mol. The summed E-state index contributed by atoms with van der Waals surface area (Å²) in [6.45, 7) is 2.38. The van der Waals surface area contributed by atoms with Crippen molar-refractivity contribution in [3.63, 3.8) is 0 Å². The topological polar surface area (TPSA) is 101 Å². The number of benzene rings is 1. The molecule has 2 aromatic rings. The molecule has 0 unspecified atom stereocenters. The van der Waals surface area contributed by atoms with Gasteiger partial charge in [0.15, 0.2) is 0 Å². The molecule has 136 valence electrons. The van der Waals surface area contributed by atoms with Gasteiger partial charge in [-0.05, 0) is 31.5 Å². The van der Waals surface area contributed by atoms with E-state index in [2.05, 4.69) is 21.2 Å². The number of pyridine rings is 1. The number of carbonyl (C=O) groups excluding carboxylic acids is 2. The Labute approximate surface area is 158 Å². The highest BCUT2D eigenvalue weighted by Crippen LogP contribution is 2.18. The van der Waals surface area contributed by atoms with E-state index >= 15 is 0 Å². The number of nitriles is 1. The number of amides is 1. The fraction of sp³-hybridized carbons (Fsp3) is 0.333. The van der Waals surface area contributed by atoms with E-state index in [0.29, 0.717) is 34.9 Å². The molecule has 1 N–H and O–H groups in total. The molecule has 26 heavy (non-hydrogen) atoms. The first-order chi connectivity index (χ1) is 12.5. The minimum Gasteiger partial charge on any atom is -0.466 e. The van der Waals surface area contributed by atoms with Crippen LogP contribution in [0.25, 0.3) is 10.9 Å². The number of fused-ring (bicyclic) bond motifs is 1. The maximum Gasteiger partial charge on any atom is 0.305 e. The molecule has 7 nitrogen and oxygen atoms in total.